The van der Waals surface area contributed by atoms with Gasteiger partial charge in [-0.25, -0.2) is 9.59 Å². The molecule has 0 amide bonds. The Morgan fingerprint density at radius 3 is 1.73 bits per heavy atom. The number of ether oxygens (including phenoxy) is 4. The topological polar surface area (TPSA) is 146 Å². The van der Waals surface area contributed by atoms with Gasteiger partial charge in [0.1, 0.15) is 13.2 Å². The molecule has 48 heavy (non-hydrogen) atoms. The van der Waals surface area contributed by atoms with Crippen molar-refractivity contribution < 1.29 is 48.2 Å². The van der Waals surface area contributed by atoms with Crippen molar-refractivity contribution in [3.63, 3.8) is 0 Å². The van der Waals surface area contributed by atoms with Crippen LogP contribution in [0, 0.1) is 0 Å². The number of methoxy groups -OCH3 is 2. The van der Waals surface area contributed by atoms with Crippen LogP contribution in [0.4, 0.5) is 0 Å². The van der Waals surface area contributed by atoms with Crippen molar-refractivity contribution >= 4 is 103 Å². The predicted molar refractivity (Wildman–Crippen MR) is 193 cm³/mol. The van der Waals surface area contributed by atoms with Gasteiger partial charge in [-0.05, 0) is 79.6 Å². The van der Waals surface area contributed by atoms with Crippen molar-refractivity contribution in [2.75, 3.05) is 14.2 Å². The number of hydrogen-bond donors (Lipinski definition) is 2. The molecule has 0 aliphatic rings. The summed E-state index contributed by atoms with van der Waals surface area (Å²) in [6.07, 6.45) is 0. The van der Waals surface area contributed by atoms with E-state index in [9.17, 15) is 19.2 Å². The van der Waals surface area contributed by atoms with Gasteiger partial charge >= 0.3 is 19.1 Å². The lowest BCUT2D eigenvalue weighted by Crippen LogP contribution is -2.26. The summed E-state index contributed by atoms with van der Waals surface area (Å²) >= 11 is 11.0. The lowest BCUT2D eigenvalue weighted by molar-refractivity contribution is -0.130. The molecule has 0 bridgehead atoms. The minimum absolute atomic E-state index is 0.143. The number of halogens is 2. The first kappa shape index (κ1) is 38.8. The van der Waals surface area contributed by atoms with Gasteiger partial charge in [0.2, 0.25) is 0 Å². The van der Waals surface area contributed by atoms with E-state index in [1.807, 2.05) is 47.2 Å². The molecule has 250 valence electrons. The standard InChI is InChI=1S/C18H14O4S2.C10H8Br2O4.C4H5BO2S/c1-21-18(20)15-9-13(16-4-2-6-23-16)12(10-22-11-19)8-14(15)17-5-3-7-24-17;1-15-10(14)7-3-8(11)6(2-9(7)12)4-16-5-13;6-5(7)4-2-1-3-8-4/h2-9,11H,10H2,1H3;2-3,5H,4H2,1H3;1-3,6-7H. The quantitative estimate of drug-likeness (QED) is 0.0638. The minimum atomic E-state index is -1.30. The highest BCUT2D eigenvalue weighted by Crippen LogP contribution is 2.37. The van der Waals surface area contributed by atoms with Crippen molar-refractivity contribution in [3.8, 4) is 20.9 Å². The van der Waals surface area contributed by atoms with Crippen molar-refractivity contribution in [1.29, 1.82) is 0 Å². The molecule has 16 heteroatoms. The largest absolute Gasteiger partial charge is 0.499 e. The third-order valence-corrected chi connectivity index (χ3v) is 10.3. The first-order valence-corrected chi connectivity index (χ1v) is 17.8. The van der Waals surface area contributed by atoms with Crippen LogP contribution in [0.5, 0.6) is 0 Å². The van der Waals surface area contributed by atoms with E-state index in [1.54, 1.807) is 41.0 Å². The molecule has 0 atom stereocenters. The van der Waals surface area contributed by atoms with Crippen LogP contribution in [-0.4, -0.2) is 56.3 Å². The van der Waals surface area contributed by atoms with Crippen LogP contribution in [0.1, 0.15) is 31.8 Å². The van der Waals surface area contributed by atoms with Crippen LogP contribution < -0.4 is 4.78 Å². The predicted octanol–water partition coefficient (Wildman–Crippen LogP) is 6.70. The van der Waals surface area contributed by atoms with E-state index in [1.165, 1.54) is 36.9 Å². The van der Waals surface area contributed by atoms with Crippen molar-refractivity contribution in [1.82, 2.24) is 0 Å². The SMILES string of the molecule is COC(=O)c1cc(-c2cccs2)c(COC=O)cc1-c1cccs1.COC(=O)c1cc(Br)c(COC=O)cc1Br.OB(O)c1cccs1. The molecule has 10 nitrogen and oxygen atoms in total. The number of benzene rings is 2. The Bertz CT molecular complexity index is 1780. The lowest BCUT2D eigenvalue weighted by Gasteiger charge is -2.14. The molecule has 0 unspecified atom stereocenters. The van der Waals surface area contributed by atoms with Crippen molar-refractivity contribution in [3.05, 3.63) is 108 Å². The van der Waals surface area contributed by atoms with E-state index in [2.05, 4.69) is 41.3 Å². The number of hydrogen-bond acceptors (Lipinski definition) is 13. The molecule has 2 N–H and O–H groups in total. The Balaban J connectivity index is 0.000000223. The molecule has 3 heterocycles. The van der Waals surface area contributed by atoms with Crippen LogP contribution in [0.25, 0.3) is 20.9 Å². The zero-order valence-corrected chi connectivity index (χ0v) is 30.9. The van der Waals surface area contributed by atoms with E-state index >= 15 is 0 Å². The molecular weight excluding hydrogens is 811 g/mol. The average molecular weight is 838 g/mol. The number of carbonyl (C=O) groups is 4. The van der Waals surface area contributed by atoms with Gasteiger partial charge in [-0.1, -0.05) is 40.2 Å². The summed E-state index contributed by atoms with van der Waals surface area (Å²) < 4.78 is 21.0. The second-order valence-electron chi connectivity index (χ2n) is 9.12. The lowest BCUT2D eigenvalue weighted by atomic mass is 9.90. The van der Waals surface area contributed by atoms with E-state index < -0.39 is 13.1 Å². The molecule has 0 aliphatic carbocycles. The Labute approximate surface area is 305 Å². The van der Waals surface area contributed by atoms with Gasteiger partial charge in [0.05, 0.1) is 25.3 Å². The van der Waals surface area contributed by atoms with E-state index in [-0.39, 0.29) is 19.2 Å². The smallest absolute Gasteiger partial charge is 0.465 e. The Kier molecular flexibility index (Phi) is 16.2. The number of carbonyl (C=O) groups excluding carboxylic acids is 4. The fourth-order valence-electron chi connectivity index (χ4n) is 3.99. The number of esters is 2. The fourth-order valence-corrected chi connectivity index (χ4v) is 7.13. The molecule has 0 spiro atoms. The molecule has 0 radical (unpaired) electrons. The molecule has 5 rings (SSSR count). The monoisotopic (exact) mass is 836 g/mol. The Hall–Kier alpha value is -3.64. The van der Waals surface area contributed by atoms with Gasteiger partial charge in [-0.2, -0.15) is 11.3 Å². The van der Waals surface area contributed by atoms with Gasteiger partial charge in [0.15, 0.2) is 0 Å². The zero-order chi connectivity index (χ0) is 35.1. The van der Waals surface area contributed by atoms with Crippen LogP contribution in [0.2, 0.25) is 0 Å². The molecule has 0 aliphatic heterocycles. The summed E-state index contributed by atoms with van der Waals surface area (Å²) in [6.45, 7) is 1.09. The molecule has 0 fully saturated rings. The van der Waals surface area contributed by atoms with E-state index in [0.29, 0.717) is 37.8 Å². The fraction of sp³-hybridized carbons (Fsp3) is 0.125. The van der Waals surface area contributed by atoms with Gasteiger partial charge in [0.25, 0.3) is 12.9 Å². The van der Waals surface area contributed by atoms with Crippen LogP contribution in [0.15, 0.2) is 85.7 Å². The van der Waals surface area contributed by atoms with Gasteiger partial charge < -0.3 is 29.0 Å². The molecule has 0 saturated heterocycles. The van der Waals surface area contributed by atoms with Gasteiger partial charge in [0, 0.05) is 34.6 Å². The highest BCUT2D eigenvalue weighted by Gasteiger charge is 2.20. The zero-order valence-electron chi connectivity index (χ0n) is 25.3. The Morgan fingerprint density at radius 2 is 1.25 bits per heavy atom. The molecule has 5 aromatic rings. The normalized spacial score (nSPS) is 9.96. The second kappa shape index (κ2) is 20.0. The first-order valence-electron chi connectivity index (χ1n) is 13.5. The third-order valence-electron chi connectivity index (χ3n) is 6.17. The number of rotatable bonds is 11. The van der Waals surface area contributed by atoms with E-state index in [4.69, 9.17) is 19.5 Å². The maximum Gasteiger partial charge on any atom is 0.499 e. The first-order chi connectivity index (χ1) is 23.1. The summed E-state index contributed by atoms with van der Waals surface area (Å²) in [6, 6.07) is 18.3. The van der Waals surface area contributed by atoms with Crippen LogP contribution >= 0.6 is 65.9 Å². The molecular formula is C32H27BBr2O10S3. The molecule has 3 aromatic heterocycles. The van der Waals surface area contributed by atoms with Gasteiger partial charge in [-0.3, -0.25) is 9.59 Å². The minimum Gasteiger partial charge on any atom is -0.465 e. The molecule has 0 saturated carbocycles. The maximum atomic E-state index is 12.3. The summed E-state index contributed by atoms with van der Waals surface area (Å²) in [5, 5.41) is 22.7. The molecule has 2 aromatic carbocycles. The van der Waals surface area contributed by atoms with Crippen molar-refractivity contribution in [2.24, 2.45) is 0 Å². The highest BCUT2D eigenvalue weighted by atomic mass is 79.9. The summed E-state index contributed by atoms with van der Waals surface area (Å²) in [5.41, 5.74) is 4.16. The van der Waals surface area contributed by atoms with Gasteiger partial charge in [-0.15, -0.1) is 22.7 Å². The van der Waals surface area contributed by atoms with Crippen LogP contribution in [-0.2, 0) is 41.8 Å². The summed E-state index contributed by atoms with van der Waals surface area (Å²) in [4.78, 5) is 46.3. The van der Waals surface area contributed by atoms with E-state index in [0.717, 1.165) is 32.0 Å². The summed E-state index contributed by atoms with van der Waals surface area (Å²) in [7, 11) is 1.39. The average Bonchev–Trinajstić information content (AvgIpc) is 3.92. The second-order valence-corrected chi connectivity index (χ2v) is 13.7. The van der Waals surface area contributed by atoms with Crippen molar-refractivity contribution in [2.45, 2.75) is 13.2 Å². The Morgan fingerprint density at radius 1 is 0.708 bits per heavy atom. The maximum absolute atomic E-state index is 12.3. The third kappa shape index (κ3) is 10.9. The highest BCUT2D eigenvalue weighted by molar-refractivity contribution is 9.11. The number of thiophene rings is 3. The van der Waals surface area contributed by atoms with Crippen LogP contribution in [0.3, 0.4) is 0 Å². The summed E-state index contributed by atoms with van der Waals surface area (Å²) in [5.74, 6) is -0.825.